The highest BCUT2D eigenvalue weighted by Crippen LogP contribution is 2.23. The maximum absolute atomic E-state index is 11.9. The van der Waals surface area contributed by atoms with Crippen LogP contribution in [0, 0.1) is 0 Å². The number of aromatic nitrogens is 2. The van der Waals surface area contributed by atoms with Crippen LogP contribution < -0.4 is 0 Å². The zero-order valence-electron chi connectivity index (χ0n) is 11.6. The lowest BCUT2D eigenvalue weighted by atomic mass is 10.1. The first kappa shape index (κ1) is 14.5. The lowest BCUT2D eigenvalue weighted by Gasteiger charge is -2.06. The molecule has 0 atom stereocenters. The minimum atomic E-state index is -0.760. The van der Waals surface area contributed by atoms with Gasteiger partial charge in [-0.2, -0.15) is 0 Å². The van der Waals surface area contributed by atoms with Crippen LogP contribution in [-0.4, -0.2) is 49.2 Å². The summed E-state index contributed by atoms with van der Waals surface area (Å²) >= 11 is 0. The van der Waals surface area contributed by atoms with Crippen LogP contribution in [-0.2, 0) is 14.2 Å². The lowest BCUT2D eigenvalue weighted by molar-refractivity contribution is 0.0557. The second-order valence-electron chi connectivity index (χ2n) is 3.94. The van der Waals surface area contributed by atoms with Crippen molar-refractivity contribution in [2.45, 2.75) is 0 Å². The van der Waals surface area contributed by atoms with Crippen LogP contribution in [0.4, 0.5) is 0 Å². The van der Waals surface area contributed by atoms with E-state index in [2.05, 4.69) is 24.2 Å². The Labute approximate surface area is 119 Å². The van der Waals surface area contributed by atoms with Crippen molar-refractivity contribution in [2.24, 2.45) is 0 Å². The number of carbonyl (C=O) groups is 3. The van der Waals surface area contributed by atoms with E-state index in [0.29, 0.717) is 5.52 Å². The Morgan fingerprint density at radius 3 is 2.14 bits per heavy atom. The average Bonchev–Trinajstić information content (AvgIpc) is 2.95. The molecule has 1 aromatic carbocycles. The number of fused-ring (bicyclic) bond motifs is 1. The molecule has 0 spiro atoms. The summed E-state index contributed by atoms with van der Waals surface area (Å²) in [6.07, 6.45) is 0. The molecule has 0 unspecified atom stereocenters. The van der Waals surface area contributed by atoms with Crippen molar-refractivity contribution in [3.63, 3.8) is 0 Å². The van der Waals surface area contributed by atoms with Crippen molar-refractivity contribution in [2.75, 3.05) is 21.3 Å². The zero-order chi connectivity index (χ0) is 15.6. The van der Waals surface area contributed by atoms with Gasteiger partial charge in [0, 0.05) is 0 Å². The first-order valence-corrected chi connectivity index (χ1v) is 5.81. The van der Waals surface area contributed by atoms with Crippen molar-refractivity contribution in [1.82, 2.24) is 9.97 Å². The molecule has 8 heteroatoms. The van der Waals surface area contributed by atoms with Crippen LogP contribution in [0.5, 0.6) is 0 Å². The number of methoxy groups -OCH3 is 3. The average molecular weight is 292 g/mol. The van der Waals surface area contributed by atoms with Gasteiger partial charge in [0.2, 0.25) is 5.82 Å². The number of imidazole rings is 1. The fraction of sp³-hybridized carbons (Fsp3) is 0.231. The number of hydrogen-bond donors (Lipinski definition) is 1. The van der Waals surface area contributed by atoms with E-state index in [4.69, 9.17) is 0 Å². The first-order chi connectivity index (χ1) is 10.0. The fourth-order valence-corrected chi connectivity index (χ4v) is 1.86. The Bertz CT molecular complexity index is 734. The minimum Gasteiger partial charge on any atom is -0.465 e. The summed E-state index contributed by atoms with van der Waals surface area (Å²) < 4.78 is 13.8. The number of nitrogens with zero attached hydrogens (tertiary/aromatic N) is 1. The molecule has 0 aliphatic rings. The fourth-order valence-electron chi connectivity index (χ4n) is 1.86. The van der Waals surface area contributed by atoms with Gasteiger partial charge in [0.1, 0.15) is 11.1 Å². The van der Waals surface area contributed by atoms with E-state index in [1.165, 1.54) is 33.5 Å². The van der Waals surface area contributed by atoms with E-state index in [0.717, 1.165) is 0 Å². The lowest BCUT2D eigenvalue weighted by Crippen LogP contribution is -2.12. The van der Waals surface area contributed by atoms with Crippen molar-refractivity contribution in [3.05, 3.63) is 29.1 Å². The standard InChI is InChI=1S/C13H12N2O6/c1-19-11(16)6-4-5-7-9(8(6)12(17)20-2)15-10(14-7)13(18)21-3/h4-5H,1-3H3,(H,14,15). The molecule has 8 nitrogen and oxygen atoms in total. The number of nitrogens with one attached hydrogen (secondary N) is 1. The third kappa shape index (κ3) is 2.42. The highest BCUT2D eigenvalue weighted by atomic mass is 16.5. The molecule has 0 amide bonds. The number of H-pyrrole nitrogens is 1. The molecule has 0 fully saturated rings. The predicted octanol–water partition coefficient (Wildman–Crippen LogP) is 0.923. The molecule has 1 N–H and O–H groups in total. The van der Waals surface area contributed by atoms with Gasteiger partial charge in [-0.1, -0.05) is 0 Å². The second-order valence-corrected chi connectivity index (χ2v) is 3.94. The number of aromatic amines is 1. The van der Waals surface area contributed by atoms with Gasteiger partial charge >= 0.3 is 17.9 Å². The Morgan fingerprint density at radius 1 is 0.952 bits per heavy atom. The number of esters is 3. The SMILES string of the molecule is COC(=O)c1nc2c(C(=O)OC)c(C(=O)OC)ccc2[nH]1. The highest BCUT2D eigenvalue weighted by molar-refractivity contribution is 6.11. The minimum absolute atomic E-state index is 0.000217. The van der Waals surface area contributed by atoms with Gasteiger partial charge in [0.05, 0.1) is 32.4 Å². The Morgan fingerprint density at radius 2 is 1.57 bits per heavy atom. The maximum Gasteiger partial charge on any atom is 0.374 e. The third-order valence-corrected chi connectivity index (χ3v) is 2.83. The molecule has 21 heavy (non-hydrogen) atoms. The Hall–Kier alpha value is -2.90. The largest absolute Gasteiger partial charge is 0.465 e. The summed E-state index contributed by atoms with van der Waals surface area (Å²) in [5, 5.41) is 0. The second kappa shape index (κ2) is 5.61. The molecular weight excluding hydrogens is 280 g/mol. The molecule has 2 aromatic rings. The Kier molecular flexibility index (Phi) is 3.88. The van der Waals surface area contributed by atoms with Crippen LogP contribution in [0.15, 0.2) is 12.1 Å². The van der Waals surface area contributed by atoms with Gasteiger partial charge in [0.25, 0.3) is 0 Å². The summed E-state index contributed by atoms with van der Waals surface area (Å²) in [6, 6.07) is 2.90. The molecular formula is C13H12N2O6. The third-order valence-electron chi connectivity index (χ3n) is 2.83. The van der Waals surface area contributed by atoms with Crippen molar-refractivity contribution in [1.29, 1.82) is 0 Å². The summed E-state index contributed by atoms with van der Waals surface area (Å²) in [4.78, 5) is 41.8. The van der Waals surface area contributed by atoms with Crippen LogP contribution >= 0.6 is 0 Å². The topological polar surface area (TPSA) is 108 Å². The van der Waals surface area contributed by atoms with E-state index in [-0.39, 0.29) is 22.5 Å². The zero-order valence-corrected chi connectivity index (χ0v) is 11.6. The van der Waals surface area contributed by atoms with Gasteiger partial charge in [-0.15, -0.1) is 0 Å². The van der Waals surface area contributed by atoms with E-state index >= 15 is 0 Å². The van der Waals surface area contributed by atoms with E-state index in [9.17, 15) is 14.4 Å². The van der Waals surface area contributed by atoms with E-state index in [1.54, 1.807) is 0 Å². The molecule has 2 rings (SSSR count). The quantitative estimate of drug-likeness (QED) is 0.662. The first-order valence-electron chi connectivity index (χ1n) is 5.81. The van der Waals surface area contributed by atoms with Crippen molar-refractivity contribution < 1.29 is 28.6 Å². The summed E-state index contributed by atoms with van der Waals surface area (Å²) in [5.74, 6) is -2.25. The highest BCUT2D eigenvalue weighted by Gasteiger charge is 2.25. The number of ether oxygens (including phenoxy) is 3. The smallest absolute Gasteiger partial charge is 0.374 e. The van der Waals surface area contributed by atoms with Crippen LogP contribution in [0.3, 0.4) is 0 Å². The van der Waals surface area contributed by atoms with E-state index < -0.39 is 17.9 Å². The maximum atomic E-state index is 11.9. The van der Waals surface area contributed by atoms with Gasteiger partial charge < -0.3 is 19.2 Å². The number of hydrogen-bond acceptors (Lipinski definition) is 7. The van der Waals surface area contributed by atoms with Gasteiger partial charge in [0.15, 0.2) is 0 Å². The molecule has 110 valence electrons. The van der Waals surface area contributed by atoms with E-state index in [1.807, 2.05) is 0 Å². The number of carbonyl (C=O) groups excluding carboxylic acids is 3. The molecule has 0 saturated carbocycles. The molecule has 0 radical (unpaired) electrons. The van der Waals surface area contributed by atoms with Crippen LogP contribution in [0.25, 0.3) is 11.0 Å². The summed E-state index contributed by atoms with van der Waals surface area (Å²) in [5.41, 5.74) is 0.446. The number of rotatable bonds is 3. The Balaban J connectivity index is 2.74. The summed E-state index contributed by atoms with van der Waals surface area (Å²) in [6.45, 7) is 0. The van der Waals surface area contributed by atoms with Crippen LogP contribution in [0.1, 0.15) is 31.3 Å². The molecule has 0 bridgehead atoms. The predicted molar refractivity (Wildman–Crippen MR) is 70.1 cm³/mol. The van der Waals surface area contributed by atoms with Crippen molar-refractivity contribution >= 4 is 28.9 Å². The molecule has 0 aliphatic carbocycles. The monoisotopic (exact) mass is 292 g/mol. The number of benzene rings is 1. The van der Waals surface area contributed by atoms with Crippen molar-refractivity contribution in [3.8, 4) is 0 Å². The van der Waals surface area contributed by atoms with Gasteiger partial charge in [-0.3, -0.25) is 0 Å². The van der Waals surface area contributed by atoms with Crippen LogP contribution in [0.2, 0.25) is 0 Å². The molecule has 0 aliphatic heterocycles. The molecule has 1 heterocycles. The summed E-state index contributed by atoms with van der Waals surface area (Å²) in [7, 11) is 3.57. The van der Waals surface area contributed by atoms with Gasteiger partial charge in [-0.05, 0) is 12.1 Å². The van der Waals surface area contributed by atoms with Gasteiger partial charge in [-0.25, -0.2) is 19.4 Å². The molecule has 0 saturated heterocycles. The molecule has 1 aromatic heterocycles. The normalized spacial score (nSPS) is 10.2.